The van der Waals surface area contributed by atoms with Gasteiger partial charge in [0, 0.05) is 18.5 Å². The Hall–Kier alpha value is -1.88. The van der Waals surface area contributed by atoms with E-state index in [1.54, 1.807) is 12.6 Å². The monoisotopic (exact) mass is 316 g/mol. The van der Waals surface area contributed by atoms with Crippen molar-refractivity contribution in [3.8, 4) is 5.75 Å². The van der Waals surface area contributed by atoms with E-state index < -0.39 is 0 Å². The summed E-state index contributed by atoms with van der Waals surface area (Å²) in [6.07, 6.45) is 3.15. The number of benzene rings is 1. The fraction of sp³-hybridized carbons (Fsp3) is 0.412. The van der Waals surface area contributed by atoms with Crippen molar-refractivity contribution in [2.75, 3.05) is 20.2 Å². The number of hydrogen-bond acceptors (Lipinski definition) is 4. The second-order valence-corrected chi connectivity index (χ2v) is 6.38. The van der Waals surface area contributed by atoms with Crippen molar-refractivity contribution in [1.29, 1.82) is 0 Å². The third kappa shape index (κ3) is 3.47. The molecule has 0 saturated carbocycles. The third-order valence-corrected chi connectivity index (χ3v) is 4.80. The van der Waals surface area contributed by atoms with Gasteiger partial charge in [-0.15, -0.1) is 11.3 Å². The zero-order valence-electron chi connectivity index (χ0n) is 12.7. The minimum Gasteiger partial charge on any atom is -0.497 e. The quantitative estimate of drug-likeness (QED) is 0.869. The zero-order chi connectivity index (χ0) is 15.4. The Morgan fingerprint density at radius 2 is 2.23 bits per heavy atom. The highest BCUT2D eigenvalue weighted by atomic mass is 32.1. The summed E-state index contributed by atoms with van der Waals surface area (Å²) in [5, 5.41) is 1.82. The van der Waals surface area contributed by atoms with Crippen LogP contribution in [0.5, 0.6) is 5.75 Å². The molecule has 3 rings (SSSR count). The molecule has 2 heterocycles. The van der Waals surface area contributed by atoms with Crippen LogP contribution in [0.4, 0.5) is 0 Å². The van der Waals surface area contributed by atoms with Gasteiger partial charge in [-0.25, -0.2) is 4.98 Å². The number of carbonyl (C=O) groups excluding carboxylic acids is 1. The molecule has 1 aliphatic heterocycles. The summed E-state index contributed by atoms with van der Waals surface area (Å²) < 4.78 is 5.28. The molecule has 0 unspecified atom stereocenters. The van der Waals surface area contributed by atoms with E-state index in [0.717, 1.165) is 38.1 Å². The van der Waals surface area contributed by atoms with E-state index >= 15 is 0 Å². The number of ether oxygens (including phenoxy) is 1. The van der Waals surface area contributed by atoms with Gasteiger partial charge in [-0.05, 0) is 42.9 Å². The van der Waals surface area contributed by atoms with Gasteiger partial charge in [0.25, 0.3) is 5.91 Å². The standard InChI is InChI=1S/C17H20N2O2S/c1-21-15-4-2-3-14(10-15)9-13-5-7-19(8-6-13)17(20)16-11-22-12-18-16/h2-4,10-13H,5-9H2,1H3. The first-order chi connectivity index (χ1) is 10.8. The van der Waals surface area contributed by atoms with Crippen molar-refractivity contribution in [1.82, 2.24) is 9.88 Å². The number of rotatable bonds is 4. The van der Waals surface area contributed by atoms with E-state index in [1.807, 2.05) is 22.4 Å². The van der Waals surface area contributed by atoms with Crippen LogP contribution >= 0.6 is 11.3 Å². The lowest BCUT2D eigenvalue weighted by molar-refractivity contribution is 0.0685. The Labute approximate surface area is 134 Å². The number of nitrogens with zero attached hydrogens (tertiary/aromatic N) is 2. The average Bonchev–Trinajstić information content (AvgIpc) is 3.09. The lowest BCUT2D eigenvalue weighted by Gasteiger charge is -2.31. The molecule has 0 N–H and O–H groups in total. The molecule has 0 radical (unpaired) electrons. The summed E-state index contributed by atoms with van der Waals surface area (Å²) in [5.74, 6) is 1.61. The Balaban J connectivity index is 1.54. The first kappa shape index (κ1) is 15.0. The largest absolute Gasteiger partial charge is 0.497 e. The van der Waals surface area contributed by atoms with Crippen molar-refractivity contribution in [2.24, 2.45) is 5.92 Å². The molecule has 1 aromatic heterocycles. The van der Waals surface area contributed by atoms with Gasteiger partial charge in [0.15, 0.2) is 0 Å². The van der Waals surface area contributed by atoms with Crippen molar-refractivity contribution in [2.45, 2.75) is 19.3 Å². The molecule has 1 saturated heterocycles. The van der Waals surface area contributed by atoms with E-state index in [2.05, 4.69) is 17.1 Å². The van der Waals surface area contributed by atoms with Gasteiger partial charge >= 0.3 is 0 Å². The Kier molecular flexibility index (Phi) is 4.73. The van der Waals surface area contributed by atoms with Crippen molar-refractivity contribution in [3.63, 3.8) is 0 Å². The SMILES string of the molecule is COc1cccc(CC2CCN(C(=O)c3cscn3)CC2)c1. The molecule has 1 amide bonds. The first-order valence-corrected chi connectivity index (χ1v) is 8.51. The third-order valence-electron chi connectivity index (χ3n) is 4.21. The maximum absolute atomic E-state index is 12.3. The fourth-order valence-corrected chi connectivity index (χ4v) is 3.48. The summed E-state index contributed by atoms with van der Waals surface area (Å²) >= 11 is 1.47. The molecule has 0 spiro atoms. The maximum atomic E-state index is 12.3. The van der Waals surface area contributed by atoms with Crippen LogP contribution in [-0.4, -0.2) is 36.0 Å². The number of carbonyl (C=O) groups is 1. The summed E-state index contributed by atoms with van der Waals surface area (Å²) in [5.41, 5.74) is 3.60. The summed E-state index contributed by atoms with van der Waals surface area (Å²) in [7, 11) is 1.70. The number of aromatic nitrogens is 1. The van der Waals surface area contributed by atoms with Crippen LogP contribution in [0, 0.1) is 5.92 Å². The normalized spacial score (nSPS) is 15.8. The van der Waals surface area contributed by atoms with Crippen LogP contribution in [0.1, 0.15) is 28.9 Å². The lowest BCUT2D eigenvalue weighted by Crippen LogP contribution is -2.39. The van der Waals surface area contributed by atoms with Crippen LogP contribution < -0.4 is 4.74 Å². The van der Waals surface area contributed by atoms with E-state index in [9.17, 15) is 4.79 Å². The molecule has 22 heavy (non-hydrogen) atoms. The Bertz CT molecular complexity index is 619. The van der Waals surface area contributed by atoms with Crippen LogP contribution in [0.15, 0.2) is 35.2 Å². The van der Waals surface area contributed by atoms with Gasteiger partial charge in [-0.1, -0.05) is 12.1 Å². The highest BCUT2D eigenvalue weighted by Crippen LogP contribution is 2.24. The molecular weight excluding hydrogens is 296 g/mol. The number of amides is 1. The molecule has 5 heteroatoms. The van der Waals surface area contributed by atoms with Gasteiger partial charge in [-0.3, -0.25) is 4.79 Å². The van der Waals surface area contributed by atoms with E-state index in [0.29, 0.717) is 11.6 Å². The number of likely N-dealkylation sites (tertiary alicyclic amines) is 1. The number of hydrogen-bond donors (Lipinski definition) is 0. The molecule has 0 aliphatic carbocycles. The fourth-order valence-electron chi connectivity index (χ4n) is 2.95. The van der Waals surface area contributed by atoms with E-state index in [1.165, 1.54) is 16.9 Å². The maximum Gasteiger partial charge on any atom is 0.273 e. The number of piperidine rings is 1. The van der Waals surface area contributed by atoms with Crippen molar-refractivity contribution < 1.29 is 9.53 Å². The molecule has 0 bridgehead atoms. The summed E-state index contributed by atoms with van der Waals surface area (Å²) in [4.78, 5) is 18.3. The minimum atomic E-state index is 0.0704. The topological polar surface area (TPSA) is 42.4 Å². The summed E-state index contributed by atoms with van der Waals surface area (Å²) in [6.45, 7) is 1.65. The van der Waals surface area contributed by atoms with Gasteiger partial charge in [0.05, 0.1) is 12.6 Å². The highest BCUT2D eigenvalue weighted by molar-refractivity contribution is 7.07. The van der Waals surface area contributed by atoms with Gasteiger partial charge < -0.3 is 9.64 Å². The van der Waals surface area contributed by atoms with E-state index in [-0.39, 0.29) is 5.91 Å². The molecule has 1 aromatic carbocycles. The molecule has 1 fully saturated rings. The molecule has 4 nitrogen and oxygen atoms in total. The van der Waals surface area contributed by atoms with E-state index in [4.69, 9.17) is 4.74 Å². The molecule has 0 atom stereocenters. The van der Waals surface area contributed by atoms with Crippen LogP contribution in [0.25, 0.3) is 0 Å². The second kappa shape index (κ2) is 6.92. The van der Waals surface area contributed by atoms with Crippen LogP contribution in [0.3, 0.4) is 0 Å². The lowest BCUT2D eigenvalue weighted by atomic mass is 9.90. The number of thiazole rings is 1. The molecular formula is C17H20N2O2S. The van der Waals surface area contributed by atoms with Gasteiger partial charge in [-0.2, -0.15) is 0 Å². The van der Waals surface area contributed by atoms with Crippen molar-refractivity contribution in [3.05, 3.63) is 46.4 Å². The van der Waals surface area contributed by atoms with Crippen molar-refractivity contribution >= 4 is 17.2 Å². The Morgan fingerprint density at radius 1 is 1.41 bits per heavy atom. The minimum absolute atomic E-state index is 0.0704. The van der Waals surface area contributed by atoms with Gasteiger partial charge in [0.1, 0.15) is 11.4 Å². The van der Waals surface area contributed by atoms with Crippen LogP contribution in [0.2, 0.25) is 0 Å². The highest BCUT2D eigenvalue weighted by Gasteiger charge is 2.24. The number of methoxy groups -OCH3 is 1. The van der Waals surface area contributed by atoms with Crippen LogP contribution in [-0.2, 0) is 6.42 Å². The Morgan fingerprint density at radius 3 is 2.91 bits per heavy atom. The second-order valence-electron chi connectivity index (χ2n) is 5.66. The predicted molar refractivity (Wildman–Crippen MR) is 87.4 cm³/mol. The molecule has 116 valence electrons. The van der Waals surface area contributed by atoms with Gasteiger partial charge in [0.2, 0.25) is 0 Å². The zero-order valence-corrected chi connectivity index (χ0v) is 13.5. The summed E-state index contributed by atoms with van der Waals surface area (Å²) in [6, 6.07) is 8.26. The average molecular weight is 316 g/mol. The predicted octanol–water partition coefficient (Wildman–Crippen LogP) is 3.25. The molecule has 2 aromatic rings. The molecule has 1 aliphatic rings. The first-order valence-electron chi connectivity index (χ1n) is 7.56. The smallest absolute Gasteiger partial charge is 0.273 e.